The molecule has 288 valence electrons. The van der Waals surface area contributed by atoms with E-state index in [1.165, 1.54) is 11.6 Å². The number of anilines is 1. The predicted octanol–water partition coefficient (Wildman–Crippen LogP) is 7.15. The molecule has 7 rings (SSSR count). The van der Waals surface area contributed by atoms with Gasteiger partial charge in [-0.05, 0) is 111 Å². The zero-order chi connectivity index (χ0) is 38.3. The number of amides is 2. The molecule has 11 heteroatoms. The molecule has 3 N–H and O–H groups in total. The van der Waals surface area contributed by atoms with Crippen LogP contribution in [-0.4, -0.2) is 70.9 Å². The molecule has 0 radical (unpaired) electrons. The van der Waals surface area contributed by atoms with E-state index in [-0.39, 0.29) is 36.8 Å². The van der Waals surface area contributed by atoms with Gasteiger partial charge >= 0.3 is 0 Å². The Kier molecular flexibility index (Phi) is 12.2. The summed E-state index contributed by atoms with van der Waals surface area (Å²) in [5, 5.41) is 15.8. The second kappa shape index (κ2) is 17.6. The first-order valence-corrected chi connectivity index (χ1v) is 19.7. The molecule has 2 aromatic heterocycles. The number of nitrogens with zero attached hydrogens (tertiary/aromatic N) is 4. The summed E-state index contributed by atoms with van der Waals surface area (Å²) in [6.45, 7) is 8.86. The van der Waals surface area contributed by atoms with Gasteiger partial charge in [-0.25, -0.2) is 14.1 Å². The number of pyridine rings is 1. The Morgan fingerprint density at radius 2 is 1.75 bits per heavy atom. The third kappa shape index (κ3) is 8.89. The van der Waals surface area contributed by atoms with Gasteiger partial charge in [0.1, 0.15) is 5.82 Å². The van der Waals surface area contributed by atoms with Crippen LogP contribution in [0.25, 0.3) is 22.2 Å². The molecule has 10 nitrogen and oxygen atoms in total. The molecule has 55 heavy (non-hydrogen) atoms. The van der Waals surface area contributed by atoms with Crippen LogP contribution < -0.4 is 16.0 Å². The molecule has 0 saturated carbocycles. The van der Waals surface area contributed by atoms with Gasteiger partial charge in [-0.3, -0.25) is 9.59 Å². The fraction of sp³-hybridized carbons (Fsp3) is 0.409. The second-order valence-electron chi connectivity index (χ2n) is 14.8. The van der Waals surface area contributed by atoms with Crippen LogP contribution in [0.1, 0.15) is 82.6 Å². The summed E-state index contributed by atoms with van der Waals surface area (Å²) in [5.74, 6) is -0.179. The lowest BCUT2D eigenvalue weighted by molar-refractivity contribution is 0.0785. The summed E-state index contributed by atoms with van der Waals surface area (Å²) in [5.41, 5.74) is 7.79. The predicted molar refractivity (Wildman–Crippen MR) is 215 cm³/mol. The van der Waals surface area contributed by atoms with Gasteiger partial charge in [-0.2, -0.15) is 5.10 Å². The monoisotopic (exact) mass is 745 g/mol. The van der Waals surface area contributed by atoms with Crippen molar-refractivity contribution >= 4 is 28.5 Å². The molecule has 0 aliphatic carbocycles. The van der Waals surface area contributed by atoms with Crippen molar-refractivity contribution in [2.24, 2.45) is 5.92 Å². The third-order valence-electron chi connectivity index (χ3n) is 11.0. The minimum Gasteiger partial charge on any atom is -0.381 e. The number of ether oxygens (including phenoxy) is 1. The van der Waals surface area contributed by atoms with Gasteiger partial charge in [-0.15, -0.1) is 0 Å². The summed E-state index contributed by atoms with van der Waals surface area (Å²) in [7, 11) is 1.72. The zero-order valence-electron chi connectivity index (χ0n) is 32.2. The molecular weight excluding hydrogens is 694 g/mol. The number of piperidine rings is 1. The highest BCUT2D eigenvalue weighted by atomic mass is 19.1. The van der Waals surface area contributed by atoms with E-state index in [1.807, 2.05) is 36.0 Å². The molecular formula is C44H52FN7O3. The van der Waals surface area contributed by atoms with Crippen molar-refractivity contribution in [3.63, 3.8) is 0 Å². The maximum Gasteiger partial charge on any atom is 0.253 e. The van der Waals surface area contributed by atoms with Gasteiger partial charge in [0.15, 0.2) is 5.65 Å². The SMILES string of the molecule is CCc1nc2c(cnn2CC)c(NC2CCOCC2)c1CNC(=O)c1cccc(C(=O)N(C)Cc2ccc(F)c(-c3cccc(CC4CCNCC4)c3)c2)c1. The number of hydrogen-bond acceptors (Lipinski definition) is 7. The Labute approximate surface area is 322 Å². The maximum absolute atomic E-state index is 15.2. The fourth-order valence-corrected chi connectivity index (χ4v) is 7.91. The van der Waals surface area contributed by atoms with Crippen LogP contribution in [0.3, 0.4) is 0 Å². The summed E-state index contributed by atoms with van der Waals surface area (Å²) in [4.78, 5) is 34.0. The van der Waals surface area contributed by atoms with Crippen molar-refractivity contribution in [3.8, 4) is 11.1 Å². The number of aryl methyl sites for hydroxylation is 2. The van der Waals surface area contributed by atoms with E-state index < -0.39 is 0 Å². The molecule has 2 saturated heterocycles. The first kappa shape index (κ1) is 38.2. The first-order chi connectivity index (χ1) is 26.8. The molecule has 0 atom stereocenters. The number of carbonyl (C=O) groups is 2. The highest BCUT2D eigenvalue weighted by Crippen LogP contribution is 2.32. The number of hydrogen-bond donors (Lipinski definition) is 3. The maximum atomic E-state index is 15.2. The average molecular weight is 746 g/mol. The van der Waals surface area contributed by atoms with Crippen molar-refractivity contribution in [2.75, 3.05) is 38.7 Å². The number of aromatic nitrogens is 3. The number of halogens is 1. The van der Waals surface area contributed by atoms with Gasteiger partial charge in [0.2, 0.25) is 0 Å². The highest BCUT2D eigenvalue weighted by Gasteiger charge is 2.23. The van der Waals surface area contributed by atoms with E-state index in [4.69, 9.17) is 9.72 Å². The van der Waals surface area contributed by atoms with E-state index in [0.29, 0.717) is 48.8 Å². The summed E-state index contributed by atoms with van der Waals surface area (Å²) in [6.07, 6.45) is 7.61. The Bertz CT molecular complexity index is 2140. The molecule has 2 aliphatic heterocycles. The molecule has 4 heterocycles. The van der Waals surface area contributed by atoms with Crippen LogP contribution in [0, 0.1) is 11.7 Å². The van der Waals surface area contributed by atoms with Crippen molar-refractivity contribution in [2.45, 2.75) is 78.0 Å². The second-order valence-corrected chi connectivity index (χ2v) is 14.8. The lowest BCUT2D eigenvalue weighted by Gasteiger charge is -2.26. The lowest BCUT2D eigenvalue weighted by atomic mass is 9.89. The highest BCUT2D eigenvalue weighted by molar-refractivity contribution is 6.00. The number of benzene rings is 3. The van der Waals surface area contributed by atoms with E-state index in [1.54, 1.807) is 42.3 Å². The van der Waals surface area contributed by atoms with Gasteiger partial charge in [0, 0.05) is 73.9 Å². The van der Waals surface area contributed by atoms with Crippen molar-refractivity contribution in [3.05, 3.63) is 112 Å². The Morgan fingerprint density at radius 3 is 2.53 bits per heavy atom. The number of nitrogens with one attached hydrogen (secondary N) is 3. The Hall–Kier alpha value is -5.13. The van der Waals surface area contributed by atoms with E-state index in [2.05, 4.69) is 40.1 Å². The fourth-order valence-electron chi connectivity index (χ4n) is 7.91. The van der Waals surface area contributed by atoms with Crippen LogP contribution in [0.4, 0.5) is 10.1 Å². The van der Waals surface area contributed by atoms with Crippen LogP contribution in [0.15, 0.2) is 72.9 Å². The van der Waals surface area contributed by atoms with Crippen molar-refractivity contribution in [1.29, 1.82) is 0 Å². The molecule has 0 spiro atoms. The van der Waals surface area contributed by atoms with Gasteiger partial charge in [0.25, 0.3) is 11.8 Å². The zero-order valence-corrected chi connectivity index (χ0v) is 32.2. The topological polar surface area (TPSA) is 113 Å². The lowest BCUT2D eigenvalue weighted by Crippen LogP contribution is -2.30. The molecule has 0 bridgehead atoms. The Balaban J connectivity index is 1.04. The van der Waals surface area contributed by atoms with E-state index >= 15 is 4.39 Å². The van der Waals surface area contributed by atoms with Crippen LogP contribution in [0.5, 0.6) is 0 Å². The van der Waals surface area contributed by atoms with Gasteiger partial charge < -0.3 is 25.6 Å². The largest absolute Gasteiger partial charge is 0.381 e. The van der Waals surface area contributed by atoms with Crippen molar-refractivity contribution in [1.82, 2.24) is 30.3 Å². The van der Waals surface area contributed by atoms with Gasteiger partial charge in [-0.1, -0.05) is 43.3 Å². The summed E-state index contributed by atoms with van der Waals surface area (Å²) in [6, 6.07) is 20.2. The van der Waals surface area contributed by atoms with E-state index in [0.717, 1.165) is 84.3 Å². The minimum atomic E-state index is -0.292. The van der Waals surface area contributed by atoms with Crippen LogP contribution in [0.2, 0.25) is 0 Å². The molecule has 2 aliphatic rings. The molecule has 0 unspecified atom stereocenters. The third-order valence-corrected chi connectivity index (χ3v) is 11.0. The normalized spacial score (nSPS) is 15.3. The number of fused-ring (bicyclic) bond motifs is 1. The first-order valence-electron chi connectivity index (χ1n) is 19.7. The Morgan fingerprint density at radius 1 is 0.964 bits per heavy atom. The quantitative estimate of drug-likeness (QED) is 0.117. The standard InChI is InChI=1S/C44H52FN7O3/c1-4-40-37(41(49-35-16-20-55-21-17-35)38-27-48-52(5-2)42(38)50-40)26-47-43(53)33-10-7-11-34(25-33)44(54)51(3)28-31-12-13-39(45)36(24-31)32-9-6-8-30(23-32)22-29-14-18-46-19-15-29/h6-13,23-25,27,29,35,46H,4-5,14-22,26,28H2,1-3H3,(H,47,53)(H,49,50). The number of carbonyl (C=O) groups excluding carboxylic acids is 2. The molecule has 5 aromatic rings. The number of rotatable bonds is 13. The van der Waals surface area contributed by atoms with Gasteiger partial charge in [0.05, 0.1) is 17.3 Å². The molecule has 3 aromatic carbocycles. The smallest absolute Gasteiger partial charge is 0.253 e. The van der Waals surface area contributed by atoms with Crippen LogP contribution in [-0.2, 0) is 37.2 Å². The average Bonchev–Trinajstić information content (AvgIpc) is 3.64. The molecule has 2 fully saturated rings. The minimum absolute atomic E-state index is 0.233. The van der Waals surface area contributed by atoms with Crippen molar-refractivity contribution < 1.29 is 18.7 Å². The van der Waals surface area contributed by atoms with E-state index in [9.17, 15) is 9.59 Å². The van der Waals surface area contributed by atoms with Crippen LogP contribution >= 0.6 is 0 Å². The molecule has 2 amide bonds. The summed E-state index contributed by atoms with van der Waals surface area (Å²) < 4.78 is 22.7. The summed E-state index contributed by atoms with van der Waals surface area (Å²) >= 11 is 0.